The molecule has 0 aliphatic carbocycles. The summed E-state index contributed by atoms with van der Waals surface area (Å²) >= 11 is 0. The molecule has 2 heteroatoms. The van der Waals surface area contributed by atoms with E-state index in [0.29, 0.717) is 0 Å². The molecule has 60 valence electrons. The number of imidazole rings is 1. The number of aryl methyl sites for hydroxylation is 2. The normalized spacial score (nSPS) is 10.1. The molecule has 0 spiro atoms. The highest BCUT2D eigenvalue weighted by atomic mass is 15.1. The van der Waals surface area contributed by atoms with Crippen LogP contribution in [-0.4, -0.2) is 9.55 Å². The van der Waals surface area contributed by atoms with Crippen LogP contribution in [0.25, 0.3) is 5.70 Å². The number of aromatic nitrogens is 2. The van der Waals surface area contributed by atoms with E-state index in [0.717, 1.165) is 17.9 Å². The lowest BCUT2D eigenvalue weighted by Gasteiger charge is -2.06. The first-order valence-corrected chi connectivity index (χ1v) is 3.86. The molecule has 0 aliphatic rings. The van der Waals surface area contributed by atoms with Crippen molar-refractivity contribution in [3.05, 3.63) is 24.3 Å². The van der Waals surface area contributed by atoms with Crippen LogP contribution in [0.15, 0.2) is 12.8 Å². The van der Waals surface area contributed by atoms with E-state index in [1.54, 1.807) is 0 Å². The van der Waals surface area contributed by atoms with Crippen LogP contribution >= 0.6 is 0 Å². The minimum absolute atomic E-state index is 1.01. The Balaban J connectivity index is 3.17. The second kappa shape index (κ2) is 2.91. The van der Waals surface area contributed by atoms with Gasteiger partial charge in [-0.3, -0.25) is 0 Å². The van der Waals surface area contributed by atoms with Crippen molar-refractivity contribution in [2.75, 3.05) is 0 Å². The molecule has 0 radical (unpaired) electrons. The van der Waals surface area contributed by atoms with Crippen LogP contribution in [-0.2, 0) is 6.42 Å². The molecule has 1 rings (SSSR count). The van der Waals surface area contributed by atoms with Crippen molar-refractivity contribution in [2.45, 2.75) is 27.2 Å². The summed E-state index contributed by atoms with van der Waals surface area (Å²) in [6.45, 7) is 10.00. The Morgan fingerprint density at radius 1 is 1.73 bits per heavy atom. The SMILES string of the molecule is C=C(C)n1c(CC)cnc1C. The molecule has 0 bridgehead atoms. The molecule has 0 N–H and O–H groups in total. The van der Waals surface area contributed by atoms with Gasteiger partial charge < -0.3 is 4.57 Å². The third-order valence-electron chi connectivity index (χ3n) is 1.76. The van der Waals surface area contributed by atoms with Crippen molar-refractivity contribution in [1.29, 1.82) is 0 Å². The number of nitrogens with zero attached hydrogens (tertiary/aromatic N) is 2. The lowest BCUT2D eigenvalue weighted by molar-refractivity contribution is 0.909. The highest BCUT2D eigenvalue weighted by Gasteiger charge is 2.03. The maximum atomic E-state index is 4.21. The van der Waals surface area contributed by atoms with Gasteiger partial charge in [0.1, 0.15) is 5.82 Å². The van der Waals surface area contributed by atoms with Crippen LogP contribution in [0.3, 0.4) is 0 Å². The van der Waals surface area contributed by atoms with Gasteiger partial charge in [0.15, 0.2) is 0 Å². The van der Waals surface area contributed by atoms with Gasteiger partial charge in [-0.05, 0) is 20.3 Å². The van der Waals surface area contributed by atoms with E-state index in [-0.39, 0.29) is 0 Å². The number of allylic oxidation sites excluding steroid dienone is 1. The summed E-state index contributed by atoms with van der Waals surface area (Å²) in [7, 11) is 0. The average Bonchev–Trinajstić information content (AvgIpc) is 2.30. The second-order valence-corrected chi connectivity index (χ2v) is 2.72. The fourth-order valence-electron chi connectivity index (χ4n) is 1.26. The largest absolute Gasteiger partial charge is 0.306 e. The maximum absolute atomic E-state index is 4.21. The van der Waals surface area contributed by atoms with Crippen molar-refractivity contribution in [2.24, 2.45) is 0 Å². The lowest BCUT2D eigenvalue weighted by atomic mass is 10.3. The molecule has 1 aromatic rings. The Labute approximate surface area is 67.6 Å². The zero-order valence-electron chi connectivity index (χ0n) is 7.39. The van der Waals surface area contributed by atoms with Gasteiger partial charge in [0.2, 0.25) is 0 Å². The van der Waals surface area contributed by atoms with Crippen molar-refractivity contribution in [1.82, 2.24) is 9.55 Å². The summed E-state index contributed by atoms with van der Waals surface area (Å²) in [5.74, 6) is 1.02. The van der Waals surface area contributed by atoms with Crippen molar-refractivity contribution in [3.63, 3.8) is 0 Å². The molecule has 0 amide bonds. The lowest BCUT2D eigenvalue weighted by Crippen LogP contribution is -1.99. The molecule has 0 unspecified atom stereocenters. The molecule has 0 saturated heterocycles. The fraction of sp³-hybridized carbons (Fsp3) is 0.444. The first-order valence-electron chi connectivity index (χ1n) is 3.86. The second-order valence-electron chi connectivity index (χ2n) is 2.72. The predicted octanol–water partition coefficient (Wildman–Crippen LogP) is 2.24. The fourth-order valence-corrected chi connectivity index (χ4v) is 1.26. The molecule has 0 saturated carbocycles. The van der Waals surface area contributed by atoms with Gasteiger partial charge in [-0.2, -0.15) is 0 Å². The Bertz CT molecular complexity index is 271. The van der Waals surface area contributed by atoms with Crippen LogP contribution < -0.4 is 0 Å². The van der Waals surface area contributed by atoms with Gasteiger partial charge in [-0.15, -0.1) is 0 Å². The molecular weight excluding hydrogens is 136 g/mol. The smallest absolute Gasteiger partial charge is 0.109 e. The van der Waals surface area contributed by atoms with Crippen LogP contribution in [0.5, 0.6) is 0 Å². The van der Waals surface area contributed by atoms with Gasteiger partial charge >= 0.3 is 0 Å². The van der Waals surface area contributed by atoms with Crippen molar-refractivity contribution < 1.29 is 0 Å². The predicted molar refractivity (Wildman–Crippen MR) is 47.3 cm³/mol. The Kier molecular flexibility index (Phi) is 2.13. The average molecular weight is 150 g/mol. The van der Waals surface area contributed by atoms with Crippen LogP contribution in [0.4, 0.5) is 0 Å². The maximum Gasteiger partial charge on any atom is 0.109 e. The van der Waals surface area contributed by atoms with Crippen LogP contribution in [0.2, 0.25) is 0 Å². The molecule has 0 aromatic carbocycles. The molecule has 0 atom stereocenters. The Morgan fingerprint density at radius 2 is 2.36 bits per heavy atom. The highest BCUT2D eigenvalue weighted by Crippen LogP contribution is 2.10. The van der Waals surface area contributed by atoms with E-state index in [2.05, 4.69) is 23.1 Å². The van der Waals surface area contributed by atoms with E-state index >= 15 is 0 Å². The molecule has 0 aliphatic heterocycles. The third kappa shape index (κ3) is 1.34. The van der Waals surface area contributed by atoms with E-state index in [1.807, 2.05) is 20.0 Å². The minimum Gasteiger partial charge on any atom is -0.306 e. The van der Waals surface area contributed by atoms with Gasteiger partial charge in [0, 0.05) is 17.6 Å². The van der Waals surface area contributed by atoms with Gasteiger partial charge in [0.05, 0.1) is 0 Å². The topological polar surface area (TPSA) is 17.8 Å². The minimum atomic E-state index is 1.01. The molecule has 2 nitrogen and oxygen atoms in total. The number of hydrogen-bond donors (Lipinski definition) is 0. The summed E-state index contributed by atoms with van der Waals surface area (Å²) in [5.41, 5.74) is 2.27. The Morgan fingerprint density at radius 3 is 2.73 bits per heavy atom. The standard InChI is InChI=1S/C9H14N2/c1-5-9-6-10-8(4)11(9)7(2)3/h6H,2,5H2,1,3-4H3. The summed E-state index contributed by atoms with van der Waals surface area (Å²) < 4.78 is 2.08. The monoisotopic (exact) mass is 150 g/mol. The van der Waals surface area contributed by atoms with Crippen molar-refractivity contribution in [3.8, 4) is 0 Å². The van der Waals surface area contributed by atoms with Crippen LogP contribution in [0.1, 0.15) is 25.4 Å². The first-order chi connectivity index (χ1) is 5.16. The highest BCUT2D eigenvalue weighted by molar-refractivity contribution is 5.41. The first kappa shape index (κ1) is 8.05. The van der Waals surface area contributed by atoms with E-state index in [1.165, 1.54) is 5.69 Å². The van der Waals surface area contributed by atoms with E-state index in [9.17, 15) is 0 Å². The van der Waals surface area contributed by atoms with Gasteiger partial charge in [-0.25, -0.2) is 4.98 Å². The van der Waals surface area contributed by atoms with E-state index < -0.39 is 0 Å². The third-order valence-corrected chi connectivity index (χ3v) is 1.76. The quantitative estimate of drug-likeness (QED) is 0.632. The molecule has 1 aromatic heterocycles. The zero-order chi connectivity index (χ0) is 8.43. The van der Waals surface area contributed by atoms with Crippen molar-refractivity contribution >= 4 is 5.70 Å². The molecule has 11 heavy (non-hydrogen) atoms. The van der Waals surface area contributed by atoms with E-state index in [4.69, 9.17) is 0 Å². The Hall–Kier alpha value is -1.05. The van der Waals surface area contributed by atoms with Gasteiger partial charge in [0.25, 0.3) is 0 Å². The molecule has 1 heterocycles. The zero-order valence-corrected chi connectivity index (χ0v) is 7.39. The summed E-state index contributed by atoms with van der Waals surface area (Å²) in [4.78, 5) is 4.21. The number of rotatable bonds is 2. The van der Waals surface area contributed by atoms with Crippen LogP contribution in [0, 0.1) is 6.92 Å². The summed E-state index contributed by atoms with van der Waals surface area (Å²) in [5, 5.41) is 0. The summed E-state index contributed by atoms with van der Waals surface area (Å²) in [6.07, 6.45) is 2.91. The van der Waals surface area contributed by atoms with Gasteiger partial charge in [-0.1, -0.05) is 13.5 Å². The summed E-state index contributed by atoms with van der Waals surface area (Å²) in [6, 6.07) is 0. The molecular formula is C9H14N2. The molecule has 0 fully saturated rings. The number of hydrogen-bond acceptors (Lipinski definition) is 1.